The van der Waals surface area contributed by atoms with Gasteiger partial charge in [-0.25, -0.2) is 29.5 Å². The molecule has 3 aromatic heterocycles. The van der Waals surface area contributed by atoms with Crippen molar-refractivity contribution in [2.75, 3.05) is 25.3 Å². The summed E-state index contributed by atoms with van der Waals surface area (Å²) in [7, 11) is 2.56. The zero-order chi connectivity index (χ0) is 20.4. The molecule has 0 radical (unpaired) electrons. The molecule has 3 aromatic rings. The highest BCUT2D eigenvalue weighted by Crippen LogP contribution is 2.15. The van der Waals surface area contributed by atoms with Crippen LogP contribution in [0.2, 0.25) is 0 Å². The summed E-state index contributed by atoms with van der Waals surface area (Å²) >= 11 is 0. The van der Waals surface area contributed by atoms with E-state index in [2.05, 4.69) is 39.7 Å². The van der Waals surface area contributed by atoms with Crippen molar-refractivity contribution < 1.29 is 19.1 Å². The molecular formula is C17H17N7O4. The number of pyridine rings is 1. The predicted molar refractivity (Wildman–Crippen MR) is 98.7 cm³/mol. The number of carbonyl (C=O) groups is 2. The number of nitrogens with one attached hydrogen (secondary N) is 1. The van der Waals surface area contributed by atoms with E-state index >= 15 is 0 Å². The second-order valence-electron chi connectivity index (χ2n) is 4.89. The van der Waals surface area contributed by atoms with Crippen LogP contribution in [0.3, 0.4) is 0 Å². The fourth-order valence-corrected chi connectivity index (χ4v) is 1.85. The van der Waals surface area contributed by atoms with E-state index in [4.69, 9.17) is 5.73 Å². The average molecular weight is 383 g/mol. The van der Waals surface area contributed by atoms with Crippen molar-refractivity contribution in [3.63, 3.8) is 0 Å². The third kappa shape index (κ3) is 5.42. The van der Waals surface area contributed by atoms with Crippen LogP contribution in [-0.4, -0.2) is 51.1 Å². The first-order valence-electron chi connectivity index (χ1n) is 7.78. The lowest BCUT2D eigenvalue weighted by molar-refractivity contribution is 0.0586. The Bertz CT molecular complexity index is 938. The van der Waals surface area contributed by atoms with E-state index in [1.54, 1.807) is 18.5 Å². The van der Waals surface area contributed by atoms with Crippen LogP contribution in [0, 0.1) is 0 Å². The monoisotopic (exact) mass is 383 g/mol. The number of rotatable bonds is 4. The molecule has 144 valence electrons. The van der Waals surface area contributed by atoms with Gasteiger partial charge in [0.15, 0.2) is 23.0 Å². The Hall–Kier alpha value is -4.15. The largest absolute Gasteiger partial charge is 0.464 e. The van der Waals surface area contributed by atoms with Gasteiger partial charge in [-0.3, -0.25) is 4.98 Å². The number of aromatic nitrogens is 5. The van der Waals surface area contributed by atoms with Gasteiger partial charge in [0, 0.05) is 31.0 Å². The van der Waals surface area contributed by atoms with Crippen LogP contribution in [0.1, 0.15) is 21.0 Å². The molecule has 0 atom stereocenters. The number of hydrogen-bond donors (Lipinski definition) is 2. The number of hydrogen-bond acceptors (Lipinski definition) is 11. The SMILES string of the molecule is COC(=O)c1nccnc1N.COC(=O)c1nccnc1Nc1cccnc1. The van der Waals surface area contributed by atoms with Crippen LogP contribution in [-0.2, 0) is 9.47 Å². The van der Waals surface area contributed by atoms with Gasteiger partial charge in [-0.05, 0) is 12.1 Å². The average Bonchev–Trinajstić information content (AvgIpc) is 2.74. The van der Waals surface area contributed by atoms with Gasteiger partial charge in [-0.15, -0.1) is 0 Å². The van der Waals surface area contributed by atoms with Crippen LogP contribution in [0.15, 0.2) is 49.3 Å². The minimum absolute atomic E-state index is 0.0509. The highest BCUT2D eigenvalue weighted by molar-refractivity contribution is 5.93. The van der Waals surface area contributed by atoms with Gasteiger partial charge in [0.05, 0.1) is 26.1 Å². The number of esters is 2. The van der Waals surface area contributed by atoms with E-state index in [9.17, 15) is 9.59 Å². The quantitative estimate of drug-likeness (QED) is 0.625. The predicted octanol–water partition coefficient (Wildman–Crippen LogP) is 1.25. The Morgan fingerprint density at radius 3 is 2.11 bits per heavy atom. The lowest BCUT2D eigenvalue weighted by Crippen LogP contribution is -2.09. The molecule has 0 amide bonds. The Morgan fingerprint density at radius 2 is 1.50 bits per heavy atom. The first-order chi connectivity index (χ1) is 13.6. The summed E-state index contributed by atoms with van der Waals surface area (Å²) in [6.45, 7) is 0. The maximum absolute atomic E-state index is 11.4. The van der Waals surface area contributed by atoms with Crippen molar-refractivity contribution in [3.05, 3.63) is 60.7 Å². The van der Waals surface area contributed by atoms with E-state index < -0.39 is 11.9 Å². The summed E-state index contributed by atoms with van der Waals surface area (Å²) in [5.41, 5.74) is 6.23. The number of nitrogens with zero attached hydrogens (tertiary/aromatic N) is 5. The molecule has 3 heterocycles. The maximum Gasteiger partial charge on any atom is 0.360 e. The maximum atomic E-state index is 11.4. The van der Waals surface area contributed by atoms with Gasteiger partial charge in [-0.1, -0.05) is 0 Å². The molecule has 0 saturated carbocycles. The highest BCUT2D eigenvalue weighted by atomic mass is 16.5. The zero-order valence-electron chi connectivity index (χ0n) is 15.1. The van der Waals surface area contributed by atoms with Crippen LogP contribution in [0.5, 0.6) is 0 Å². The summed E-state index contributed by atoms with van der Waals surface area (Å²) in [4.78, 5) is 41.5. The molecule has 0 fully saturated rings. The van der Waals surface area contributed by atoms with Crippen molar-refractivity contribution in [2.24, 2.45) is 0 Å². The smallest absolute Gasteiger partial charge is 0.360 e. The molecule has 0 aliphatic heterocycles. The van der Waals surface area contributed by atoms with Crippen molar-refractivity contribution in [1.29, 1.82) is 0 Å². The lowest BCUT2D eigenvalue weighted by Gasteiger charge is -2.07. The van der Waals surface area contributed by atoms with E-state index in [0.717, 1.165) is 5.69 Å². The van der Waals surface area contributed by atoms with E-state index in [1.165, 1.54) is 39.0 Å². The normalized spacial score (nSPS) is 9.50. The number of methoxy groups -OCH3 is 2. The Labute approximate surface area is 160 Å². The Balaban J connectivity index is 0.000000221. The topological polar surface area (TPSA) is 155 Å². The fourth-order valence-electron chi connectivity index (χ4n) is 1.85. The van der Waals surface area contributed by atoms with Crippen molar-refractivity contribution >= 4 is 29.3 Å². The van der Waals surface area contributed by atoms with E-state index in [-0.39, 0.29) is 17.2 Å². The number of anilines is 3. The summed E-state index contributed by atoms with van der Waals surface area (Å²) in [6.07, 6.45) is 8.98. The first-order valence-corrected chi connectivity index (χ1v) is 7.78. The van der Waals surface area contributed by atoms with Gasteiger partial charge >= 0.3 is 11.9 Å². The molecule has 0 bridgehead atoms. The fraction of sp³-hybridized carbons (Fsp3) is 0.118. The Morgan fingerprint density at radius 1 is 0.893 bits per heavy atom. The van der Waals surface area contributed by atoms with Gasteiger partial charge in [0.2, 0.25) is 0 Å². The molecule has 11 nitrogen and oxygen atoms in total. The van der Waals surface area contributed by atoms with E-state index in [1.807, 2.05) is 6.07 Å². The highest BCUT2D eigenvalue weighted by Gasteiger charge is 2.14. The second kappa shape index (κ2) is 10.1. The molecule has 3 rings (SSSR count). The second-order valence-corrected chi connectivity index (χ2v) is 4.89. The summed E-state index contributed by atoms with van der Waals surface area (Å²) in [5.74, 6) is -0.688. The summed E-state index contributed by atoms with van der Waals surface area (Å²) in [6, 6.07) is 3.58. The van der Waals surface area contributed by atoms with Crippen LogP contribution in [0.4, 0.5) is 17.3 Å². The lowest BCUT2D eigenvalue weighted by atomic mass is 10.3. The van der Waals surface area contributed by atoms with Crippen molar-refractivity contribution in [2.45, 2.75) is 0 Å². The summed E-state index contributed by atoms with van der Waals surface area (Å²) < 4.78 is 9.01. The van der Waals surface area contributed by atoms with Crippen LogP contribution < -0.4 is 11.1 Å². The molecule has 28 heavy (non-hydrogen) atoms. The summed E-state index contributed by atoms with van der Waals surface area (Å²) in [5, 5.41) is 2.95. The number of ether oxygens (including phenoxy) is 2. The van der Waals surface area contributed by atoms with Crippen LogP contribution in [0.25, 0.3) is 0 Å². The van der Waals surface area contributed by atoms with Gasteiger partial charge in [0.1, 0.15) is 0 Å². The molecular weight excluding hydrogens is 366 g/mol. The number of carbonyl (C=O) groups excluding carboxylic acids is 2. The Kier molecular flexibility index (Phi) is 7.28. The molecule has 0 saturated heterocycles. The molecule has 0 aliphatic rings. The zero-order valence-corrected chi connectivity index (χ0v) is 15.1. The van der Waals surface area contributed by atoms with Crippen LogP contribution >= 0.6 is 0 Å². The standard InChI is InChI=1S/C11H10N4O2.C6H7N3O2/c1-17-11(16)9-10(14-6-5-13-9)15-8-3-2-4-12-7-8;1-11-6(10)4-5(7)9-3-2-8-4/h2-7H,1H3,(H,14,15);2-3H,1H3,(H2,7,9). The number of nitrogen functional groups attached to an aromatic ring is 1. The molecule has 0 spiro atoms. The molecule has 0 aliphatic carbocycles. The van der Waals surface area contributed by atoms with Crippen molar-refractivity contribution in [1.82, 2.24) is 24.9 Å². The molecule has 0 aromatic carbocycles. The first kappa shape index (κ1) is 20.2. The minimum atomic E-state index is -0.574. The minimum Gasteiger partial charge on any atom is -0.464 e. The molecule has 3 N–H and O–H groups in total. The molecule has 11 heteroatoms. The van der Waals surface area contributed by atoms with E-state index in [0.29, 0.717) is 5.82 Å². The molecule has 0 unspecified atom stereocenters. The van der Waals surface area contributed by atoms with Crippen molar-refractivity contribution in [3.8, 4) is 0 Å². The van der Waals surface area contributed by atoms with Gasteiger partial charge in [-0.2, -0.15) is 0 Å². The van der Waals surface area contributed by atoms with Gasteiger partial charge in [0.25, 0.3) is 0 Å². The third-order valence-electron chi connectivity index (χ3n) is 3.11. The third-order valence-corrected chi connectivity index (χ3v) is 3.11. The number of nitrogens with two attached hydrogens (primary N) is 1. The van der Waals surface area contributed by atoms with Gasteiger partial charge < -0.3 is 20.5 Å².